The Morgan fingerprint density at radius 2 is 1.32 bits per heavy atom. The Bertz CT molecular complexity index is 469. The molecule has 0 radical (unpaired) electrons. The van der Waals surface area contributed by atoms with Crippen molar-refractivity contribution in [2.24, 2.45) is 5.92 Å². The van der Waals surface area contributed by atoms with Gasteiger partial charge in [-0.15, -0.1) is 0 Å². The summed E-state index contributed by atoms with van der Waals surface area (Å²) in [5, 5.41) is 0. The Kier molecular flexibility index (Phi) is 5.33. The number of rotatable bonds is 4. The lowest BCUT2D eigenvalue weighted by Crippen LogP contribution is -2.14. The normalized spacial score (nSPS) is 27.0. The lowest BCUT2D eigenvalue weighted by atomic mass is 9.76. The van der Waals surface area contributed by atoms with Crippen LogP contribution in [-0.4, -0.2) is 5.78 Å². The van der Waals surface area contributed by atoms with Crippen molar-refractivity contribution in [3.8, 4) is 0 Å². The Labute approximate surface area is 135 Å². The van der Waals surface area contributed by atoms with Gasteiger partial charge in [0.2, 0.25) is 0 Å². The highest BCUT2D eigenvalue weighted by Gasteiger charge is 2.23. The first kappa shape index (κ1) is 15.8. The highest BCUT2D eigenvalue weighted by Crippen LogP contribution is 2.38. The summed E-state index contributed by atoms with van der Waals surface area (Å²) in [4.78, 5) is 11.4. The molecule has 1 aromatic rings. The molecule has 1 aromatic carbocycles. The predicted octanol–water partition coefficient (Wildman–Crippen LogP) is 5.99. The maximum absolute atomic E-state index is 11.4. The molecule has 1 nitrogen and oxygen atoms in total. The van der Waals surface area contributed by atoms with Gasteiger partial charge in [-0.2, -0.15) is 0 Å². The molecule has 0 aliphatic heterocycles. The Balaban J connectivity index is 1.57. The zero-order valence-corrected chi connectivity index (χ0v) is 14.0. The molecule has 120 valence electrons. The quantitative estimate of drug-likeness (QED) is 0.667. The van der Waals surface area contributed by atoms with E-state index in [1.165, 1.54) is 44.1 Å². The third-order valence-corrected chi connectivity index (χ3v) is 5.97. The van der Waals surface area contributed by atoms with E-state index in [4.69, 9.17) is 0 Å². The molecule has 2 fully saturated rings. The van der Waals surface area contributed by atoms with Crippen molar-refractivity contribution in [1.29, 1.82) is 0 Å². The standard InChI is InChI=1S/C21H30O/c1-2-3-16-4-6-17(7-5-16)18-8-10-19(11-9-18)20-12-14-21(22)15-13-20/h8-11,16-17,20H,2-7,12-15H2,1H3. The molecule has 0 atom stereocenters. The summed E-state index contributed by atoms with van der Waals surface area (Å²) in [7, 11) is 0. The van der Waals surface area contributed by atoms with Gasteiger partial charge >= 0.3 is 0 Å². The second-order valence-electron chi connectivity index (χ2n) is 7.49. The summed E-state index contributed by atoms with van der Waals surface area (Å²) in [6, 6.07) is 9.43. The van der Waals surface area contributed by atoms with Crippen LogP contribution in [0.25, 0.3) is 0 Å². The fraction of sp³-hybridized carbons (Fsp3) is 0.667. The van der Waals surface area contributed by atoms with E-state index >= 15 is 0 Å². The molecule has 22 heavy (non-hydrogen) atoms. The molecular weight excluding hydrogens is 268 g/mol. The van der Waals surface area contributed by atoms with Gasteiger partial charge < -0.3 is 0 Å². The van der Waals surface area contributed by atoms with E-state index < -0.39 is 0 Å². The Hall–Kier alpha value is -1.11. The SMILES string of the molecule is CCCC1CCC(c2ccc(C3CCC(=O)CC3)cc2)CC1. The van der Waals surface area contributed by atoms with Gasteiger partial charge in [0.05, 0.1) is 0 Å². The monoisotopic (exact) mass is 298 g/mol. The van der Waals surface area contributed by atoms with Gasteiger partial charge in [0.15, 0.2) is 0 Å². The van der Waals surface area contributed by atoms with Crippen molar-refractivity contribution in [3.63, 3.8) is 0 Å². The number of ketones is 1. The zero-order valence-electron chi connectivity index (χ0n) is 14.0. The van der Waals surface area contributed by atoms with Gasteiger partial charge in [-0.1, -0.05) is 44.0 Å². The molecule has 0 spiro atoms. The molecule has 0 unspecified atom stereocenters. The number of carbonyl (C=O) groups is 1. The highest BCUT2D eigenvalue weighted by molar-refractivity contribution is 5.79. The van der Waals surface area contributed by atoms with Crippen LogP contribution in [0.15, 0.2) is 24.3 Å². The summed E-state index contributed by atoms with van der Waals surface area (Å²) in [6.07, 6.45) is 12.0. The van der Waals surface area contributed by atoms with E-state index in [1.54, 1.807) is 5.56 Å². The van der Waals surface area contributed by atoms with E-state index in [1.807, 2.05) is 0 Å². The van der Waals surface area contributed by atoms with Crippen LogP contribution in [0, 0.1) is 5.92 Å². The second-order valence-corrected chi connectivity index (χ2v) is 7.49. The third kappa shape index (κ3) is 3.80. The molecule has 0 heterocycles. The number of carbonyl (C=O) groups excluding carboxylic acids is 1. The average Bonchev–Trinajstić information content (AvgIpc) is 2.57. The Morgan fingerprint density at radius 3 is 1.82 bits per heavy atom. The van der Waals surface area contributed by atoms with Crippen molar-refractivity contribution in [2.75, 3.05) is 0 Å². The summed E-state index contributed by atoms with van der Waals surface area (Å²) in [6.45, 7) is 2.31. The Morgan fingerprint density at radius 1 is 0.818 bits per heavy atom. The van der Waals surface area contributed by atoms with Crippen molar-refractivity contribution in [3.05, 3.63) is 35.4 Å². The zero-order chi connectivity index (χ0) is 15.4. The summed E-state index contributed by atoms with van der Waals surface area (Å²) < 4.78 is 0. The molecule has 0 saturated heterocycles. The maximum atomic E-state index is 11.4. The summed E-state index contributed by atoms with van der Waals surface area (Å²) in [5.74, 6) is 2.85. The average molecular weight is 298 g/mol. The van der Waals surface area contributed by atoms with Crippen molar-refractivity contribution < 1.29 is 4.79 Å². The minimum atomic E-state index is 0.455. The van der Waals surface area contributed by atoms with Crippen molar-refractivity contribution in [2.45, 2.75) is 83.0 Å². The van der Waals surface area contributed by atoms with E-state index in [-0.39, 0.29) is 0 Å². The number of hydrogen-bond donors (Lipinski definition) is 0. The molecular formula is C21H30O. The lowest BCUT2D eigenvalue weighted by molar-refractivity contribution is -0.120. The van der Waals surface area contributed by atoms with Crippen molar-refractivity contribution in [1.82, 2.24) is 0 Å². The predicted molar refractivity (Wildman–Crippen MR) is 92.3 cm³/mol. The van der Waals surface area contributed by atoms with Gasteiger partial charge in [0, 0.05) is 12.8 Å². The molecule has 2 aliphatic carbocycles. The van der Waals surface area contributed by atoms with Crippen LogP contribution in [0.4, 0.5) is 0 Å². The molecule has 2 aliphatic rings. The maximum Gasteiger partial charge on any atom is 0.132 e. The second kappa shape index (κ2) is 7.44. The van der Waals surface area contributed by atoms with E-state index in [0.29, 0.717) is 11.7 Å². The first-order valence-electron chi connectivity index (χ1n) is 9.37. The van der Waals surface area contributed by atoms with Crippen LogP contribution < -0.4 is 0 Å². The molecule has 3 rings (SSSR count). The molecule has 1 heteroatoms. The fourth-order valence-corrected chi connectivity index (χ4v) is 4.51. The molecule has 0 aromatic heterocycles. The van der Waals surface area contributed by atoms with Crippen molar-refractivity contribution >= 4 is 5.78 Å². The molecule has 0 N–H and O–H groups in total. The number of benzene rings is 1. The first-order chi connectivity index (χ1) is 10.8. The smallest absolute Gasteiger partial charge is 0.132 e. The molecule has 0 bridgehead atoms. The lowest BCUT2D eigenvalue weighted by Gasteiger charge is -2.29. The highest BCUT2D eigenvalue weighted by atomic mass is 16.1. The van der Waals surface area contributed by atoms with E-state index in [9.17, 15) is 4.79 Å². The van der Waals surface area contributed by atoms with Crippen LogP contribution in [-0.2, 0) is 4.79 Å². The van der Waals surface area contributed by atoms with Crippen LogP contribution in [0.3, 0.4) is 0 Å². The molecule has 0 amide bonds. The van der Waals surface area contributed by atoms with E-state index in [2.05, 4.69) is 31.2 Å². The summed E-state index contributed by atoms with van der Waals surface area (Å²) in [5.41, 5.74) is 3.00. The van der Waals surface area contributed by atoms with Gasteiger partial charge in [-0.25, -0.2) is 0 Å². The van der Waals surface area contributed by atoms with Crippen LogP contribution in [0.2, 0.25) is 0 Å². The third-order valence-electron chi connectivity index (χ3n) is 5.97. The van der Waals surface area contributed by atoms with E-state index in [0.717, 1.165) is 37.5 Å². The van der Waals surface area contributed by atoms with Gasteiger partial charge in [-0.05, 0) is 67.4 Å². The summed E-state index contributed by atoms with van der Waals surface area (Å²) >= 11 is 0. The number of hydrogen-bond acceptors (Lipinski definition) is 1. The van der Waals surface area contributed by atoms with Gasteiger partial charge in [-0.3, -0.25) is 4.79 Å². The largest absolute Gasteiger partial charge is 0.300 e. The van der Waals surface area contributed by atoms with Gasteiger partial charge in [0.25, 0.3) is 0 Å². The fourth-order valence-electron chi connectivity index (χ4n) is 4.51. The van der Waals surface area contributed by atoms with Gasteiger partial charge in [0.1, 0.15) is 5.78 Å². The van der Waals surface area contributed by atoms with Crippen LogP contribution >= 0.6 is 0 Å². The minimum Gasteiger partial charge on any atom is -0.300 e. The van der Waals surface area contributed by atoms with Crippen LogP contribution in [0.1, 0.15) is 94.1 Å². The van der Waals surface area contributed by atoms with Crippen LogP contribution in [0.5, 0.6) is 0 Å². The molecule has 2 saturated carbocycles. The topological polar surface area (TPSA) is 17.1 Å². The first-order valence-corrected chi connectivity index (χ1v) is 9.37. The minimum absolute atomic E-state index is 0.455. The number of Topliss-reactive ketones (excluding diaryl/α,β-unsaturated/α-hetero) is 1.